The van der Waals surface area contributed by atoms with Crippen LogP contribution in [0.3, 0.4) is 0 Å². The lowest BCUT2D eigenvalue weighted by Gasteiger charge is -2.04. The number of rotatable bonds is 5. The molecule has 1 aromatic carbocycles. The maximum absolute atomic E-state index is 5.80. The predicted octanol–water partition coefficient (Wildman–Crippen LogP) is 3.38. The van der Waals surface area contributed by atoms with Crippen LogP contribution in [0.25, 0.3) is 0 Å². The molecule has 1 rings (SSSR count). The minimum Gasteiger partial charge on any atom is -0.397 e. The smallest absolute Gasteiger partial charge is 0.0909 e. The summed E-state index contributed by atoms with van der Waals surface area (Å²) in [7, 11) is 0. The zero-order chi connectivity index (χ0) is 12.7. The first-order valence-electron chi connectivity index (χ1n) is 4.93. The van der Waals surface area contributed by atoms with Crippen molar-refractivity contribution in [3.8, 4) is 0 Å². The highest BCUT2D eigenvalue weighted by Crippen LogP contribution is 2.36. The van der Waals surface area contributed by atoms with Crippen LogP contribution in [0.2, 0.25) is 0 Å². The molecule has 0 saturated carbocycles. The average molecular weight is 226 g/mol. The first-order valence-corrected chi connectivity index (χ1v) is 4.93. The molecular weight excluding hydrogens is 212 g/mol. The number of hydrogen-bond acceptors (Lipinski definition) is 4. The molecule has 0 spiro atoms. The molecule has 0 atom stereocenters. The van der Waals surface area contributed by atoms with Gasteiger partial charge >= 0.3 is 0 Å². The Bertz CT molecular complexity index is 498. The Balaban J connectivity index is 3.34. The molecule has 86 valence electrons. The third-order valence-electron chi connectivity index (χ3n) is 1.93. The maximum atomic E-state index is 5.80. The molecule has 0 aromatic heterocycles. The minimum atomic E-state index is 0.508. The lowest BCUT2D eigenvalue weighted by Crippen LogP contribution is -1.85. The molecule has 0 bridgehead atoms. The predicted molar refractivity (Wildman–Crippen MR) is 76.8 cm³/mol. The van der Waals surface area contributed by atoms with Crippen molar-refractivity contribution in [2.45, 2.75) is 0 Å². The van der Waals surface area contributed by atoms with Gasteiger partial charge in [0.1, 0.15) is 0 Å². The van der Waals surface area contributed by atoms with Gasteiger partial charge in [0, 0.05) is 12.4 Å². The minimum absolute atomic E-state index is 0.508. The van der Waals surface area contributed by atoms with Gasteiger partial charge in [0.2, 0.25) is 0 Å². The summed E-state index contributed by atoms with van der Waals surface area (Å²) in [5, 5.41) is 0. The van der Waals surface area contributed by atoms with E-state index in [0.29, 0.717) is 22.7 Å². The molecule has 2 N–H and O–H groups in total. The van der Waals surface area contributed by atoms with E-state index < -0.39 is 0 Å². The van der Waals surface area contributed by atoms with Crippen molar-refractivity contribution < 1.29 is 0 Å². The van der Waals surface area contributed by atoms with Crippen LogP contribution in [0.1, 0.15) is 0 Å². The second-order valence-electron chi connectivity index (χ2n) is 3.09. The SMILES string of the molecule is C=CC=Nc1cc(N)c(N=C)cc1N=CC=C. The molecule has 0 fully saturated rings. The highest BCUT2D eigenvalue weighted by Gasteiger charge is 2.04. The summed E-state index contributed by atoms with van der Waals surface area (Å²) in [4.78, 5) is 12.2. The Labute approximate surface area is 101 Å². The first-order chi connectivity index (χ1) is 8.22. The summed E-state index contributed by atoms with van der Waals surface area (Å²) in [5.74, 6) is 0. The Morgan fingerprint density at radius 2 is 1.47 bits per heavy atom. The van der Waals surface area contributed by atoms with Gasteiger partial charge in [0.25, 0.3) is 0 Å². The molecule has 1 aromatic rings. The van der Waals surface area contributed by atoms with E-state index in [2.05, 4.69) is 34.9 Å². The number of nitrogens with two attached hydrogens (primary N) is 1. The van der Waals surface area contributed by atoms with Crippen LogP contribution in [-0.2, 0) is 0 Å². The summed E-state index contributed by atoms with van der Waals surface area (Å²) < 4.78 is 0. The van der Waals surface area contributed by atoms with E-state index in [-0.39, 0.29) is 0 Å². The van der Waals surface area contributed by atoms with Crippen molar-refractivity contribution in [1.82, 2.24) is 0 Å². The van der Waals surface area contributed by atoms with Gasteiger partial charge in [-0.25, -0.2) is 0 Å². The fourth-order valence-electron chi connectivity index (χ4n) is 1.19. The number of nitrogens with zero attached hydrogens (tertiary/aromatic N) is 3. The molecule has 0 radical (unpaired) electrons. The number of anilines is 1. The van der Waals surface area contributed by atoms with Crippen molar-refractivity contribution in [2.75, 3.05) is 5.73 Å². The largest absolute Gasteiger partial charge is 0.397 e. The molecule has 4 nitrogen and oxygen atoms in total. The summed E-state index contributed by atoms with van der Waals surface area (Å²) in [6, 6.07) is 3.41. The van der Waals surface area contributed by atoms with Crippen molar-refractivity contribution in [2.24, 2.45) is 15.0 Å². The van der Waals surface area contributed by atoms with Gasteiger partial charge in [-0.2, -0.15) is 0 Å². The molecule has 0 unspecified atom stereocenters. The zero-order valence-corrected chi connectivity index (χ0v) is 9.50. The van der Waals surface area contributed by atoms with Gasteiger partial charge in [-0.05, 0) is 18.9 Å². The zero-order valence-electron chi connectivity index (χ0n) is 9.50. The number of benzene rings is 1. The molecule has 0 aliphatic rings. The lowest BCUT2D eigenvalue weighted by atomic mass is 10.2. The summed E-state index contributed by atoms with van der Waals surface area (Å²) in [6.07, 6.45) is 6.31. The lowest BCUT2D eigenvalue weighted by molar-refractivity contribution is 1.44. The van der Waals surface area contributed by atoms with Crippen molar-refractivity contribution >= 4 is 41.9 Å². The van der Waals surface area contributed by atoms with E-state index in [4.69, 9.17) is 5.73 Å². The van der Waals surface area contributed by atoms with Crippen LogP contribution in [0.15, 0.2) is 52.4 Å². The molecule has 0 aliphatic carbocycles. The van der Waals surface area contributed by atoms with Crippen LogP contribution in [0.4, 0.5) is 22.7 Å². The average Bonchev–Trinajstić information content (AvgIpc) is 2.34. The maximum Gasteiger partial charge on any atom is 0.0909 e. The van der Waals surface area contributed by atoms with Gasteiger partial charge in [-0.15, -0.1) is 0 Å². The van der Waals surface area contributed by atoms with Gasteiger partial charge in [-0.1, -0.05) is 25.3 Å². The Hall–Kier alpha value is -2.49. The van der Waals surface area contributed by atoms with Gasteiger partial charge in [-0.3, -0.25) is 15.0 Å². The molecule has 0 heterocycles. The van der Waals surface area contributed by atoms with Gasteiger partial charge < -0.3 is 5.73 Å². The van der Waals surface area contributed by atoms with E-state index in [1.165, 1.54) is 0 Å². The fourth-order valence-corrected chi connectivity index (χ4v) is 1.19. The van der Waals surface area contributed by atoms with E-state index in [9.17, 15) is 0 Å². The Morgan fingerprint density at radius 3 is 1.94 bits per heavy atom. The first kappa shape index (κ1) is 12.6. The third kappa shape index (κ3) is 3.24. The summed E-state index contributed by atoms with van der Waals surface area (Å²) in [5.41, 5.74) is 8.18. The van der Waals surface area contributed by atoms with Crippen LogP contribution < -0.4 is 5.73 Å². The van der Waals surface area contributed by atoms with E-state index >= 15 is 0 Å². The monoisotopic (exact) mass is 226 g/mol. The van der Waals surface area contributed by atoms with Crippen molar-refractivity contribution in [3.63, 3.8) is 0 Å². The topological polar surface area (TPSA) is 63.1 Å². The number of allylic oxidation sites excluding steroid dienone is 2. The van der Waals surface area contributed by atoms with Crippen LogP contribution in [0.5, 0.6) is 0 Å². The van der Waals surface area contributed by atoms with Crippen LogP contribution in [0, 0.1) is 0 Å². The van der Waals surface area contributed by atoms with Gasteiger partial charge in [0.15, 0.2) is 0 Å². The standard InChI is InChI=1S/C13H14N4/c1-4-6-16-12-8-10(14)11(15-3)9-13(12)17-7-5-2/h4-9H,1-3,14H2. The van der Waals surface area contributed by atoms with Gasteiger partial charge in [0.05, 0.1) is 22.7 Å². The quantitative estimate of drug-likeness (QED) is 0.607. The molecular formula is C13H14N4. The molecule has 17 heavy (non-hydrogen) atoms. The number of aliphatic imine (C=N–C) groups is 3. The fraction of sp³-hybridized carbons (Fsp3) is 0. The second-order valence-corrected chi connectivity index (χ2v) is 3.09. The van der Waals surface area contributed by atoms with E-state index in [1.807, 2.05) is 0 Å². The Morgan fingerprint density at radius 1 is 0.941 bits per heavy atom. The normalized spacial score (nSPS) is 10.8. The van der Waals surface area contributed by atoms with Crippen LogP contribution >= 0.6 is 0 Å². The summed E-state index contributed by atoms with van der Waals surface area (Å²) in [6.45, 7) is 10.6. The molecule has 0 saturated heterocycles. The Kier molecular flexibility index (Phi) is 4.57. The van der Waals surface area contributed by atoms with Crippen molar-refractivity contribution in [3.05, 3.63) is 37.4 Å². The number of hydrogen-bond donors (Lipinski definition) is 1. The highest BCUT2D eigenvalue weighted by molar-refractivity contribution is 5.85. The van der Waals surface area contributed by atoms with E-state index in [0.717, 1.165) is 0 Å². The molecule has 0 aliphatic heterocycles. The molecule has 4 heteroatoms. The van der Waals surface area contributed by atoms with E-state index in [1.54, 1.807) is 36.7 Å². The third-order valence-corrected chi connectivity index (χ3v) is 1.93. The second kappa shape index (κ2) is 6.17. The summed E-state index contributed by atoms with van der Waals surface area (Å²) >= 11 is 0. The molecule has 0 amide bonds. The number of nitrogen functional groups attached to an aromatic ring is 1. The van der Waals surface area contributed by atoms with Crippen LogP contribution in [-0.4, -0.2) is 19.1 Å². The highest BCUT2D eigenvalue weighted by atomic mass is 14.8. The van der Waals surface area contributed by atoms with Crippen molar-refractivity contribution in [1.29, 1.82) is 0 Å².